The van der Waals surface area contributed by atoms with E-state index < -0.39 is 15.1 Å². The van der Waals surface area contributed by atoms with Crippen molar-refractivity contribution in [2.75, 3.05) is 6.54 Å². The van der Waals surface area contributed by atoms with Crippen molar-refractivity contribution >= 4 is 9.84 Å². The number of aryl methyl sites for hydroxylation is 2. The molecule has 0 spiro atoms. The Bertz CT molecular complexity index is 465. The van der Waals surface area contributed by atoms with Crippen molar-refractivity contribution in [3.05, 3.63) is 17.5 Å². The van der Waals surface area contributed by atoms with Gasteiger partial charge in [0.15, 0.2) is 9.84 Å². The standard InChI is InChI=1S/C11H21N3O2S/c1-4-14-11(7-9(2)13-14)8-17(15,16)10(3)5-6-12/h7,10H,4-6,8,12H2,1-3H3. The van der Waals surface area contributed by atoms with Crippen LogP contribution in [-0.4, -0.2) is 30.0 Å². The summed E-state index contributed by atoms with van der Waals surface area (Å²) in [7, 11) is -3.14. The van der Waals surface area contributed by atoms with Crippen molar-refractivity contribution < 1.29 is 8.42 Å². The number of aromatic nitrogens is 2. The lowest BCUT2D eigenvalue weighted by Gasteiger charge is -2.12. The molecule has 1 rings (SSSR count). The smallest absolute Gasteiger partial charge is 0.158 e. The molecule has 0 fully saturated rings. The van der Waals surface area contributed by atoms with Gasteiger partial charge in [0, 0.05) is 6.54 Å². The molecule has 1 heterocycles. The minimum atomic E-state index is -3.14. The minimum Gasteiger partial charge on any atom is -0.330 e. The molecule has 0 saturated carbocycles. The van der Waals surface area contributed by atoms with Crippen LogP contribution in [0.1, 0.15) is 31.7 Å². The molecule has 0 aliphatic heterocycles. The van der Waals surface area contributed by atoms with Crippen molar-refractivity contribution in [3.63, 3.8) is 0 Å². The highest BCUT2D eigenvalue weighted by atomic mass is 32.2. The van der Waals surface area contributed by atoms with Gasteiger partial charge in [-0.25, -0.2) is 8.42 Å². The van der Waals surface area contributed by atoms with Crippen LogP contribution in [0.5, 0.6) is 0 Å². The molecule has 1 aromatic heterocycles. The minimum absolute atomic E-state index is 0.0445. The number of sulfone groups is 1. The molecule has 0 radical (unpaired) electrons. The summed E-state index contributed by atoms with van der Waals surface area (Å²) in [6, 6.07) is 1.83. The third-order valence-electron chi connectivity index (χ3n) is 2.82. The molecular weight excluding hydrogens is 238 g/mol. The Labute approximate surface area is 103 Å². The lowest BCUT2D eigenvalue weighted by atomic mass is 10.3. The summed E-state index contributed by atoms with van der Waals surface area (Å²) < 4.78 is 25.9. The molecule has 1 atom stereocenters. The van der Waals surface area contributed by atoms with Crippen molar-refractivity contribution in [1.82, 2.24) is 9.78 Å². The van der Waals surface area contributed by atoms with Gasteiger partial charge in [0.1, 0.15) is 0 Å². The van der Waals surface area contributed by atoms with E-state index >= 15 is 0 Å². The van der Waals surface area contributed by atoms with Gasteiger partial charge < -0.3 is 5.73 Å². The summed E-state index contributed by atoms with van der Waals surface area (Å²) in [5, 5.41) is 3.85. The lowest BCUT2D eigenvalue weighted by molar-refractivity contribution is 0.570. The van der Waals surface area contributed by atoms with Crippen LogP contribution in [0.25, 0.3) is 0 Å². The Morgan fingerprint density at radius 2 is 2.18 bits per heavy atom. The zero-order valence-electron chi connectivity index (χ0n) is 10.7. The fourth-order valence-electron chi connectivity index (χ4n) is 1.75. The predicted molar refractivity (Wildman–Crippen MR) is 68.4 cm³/mol. The summed E-state index contributed by atoms with van der Waals surface area (Å²) in [6.45, 7) is 6.61. The van der Waals surface area contributed by atoms with Crippen LogP contribution in [0.3, 0.4) is 0 Å². The van der Waals surface area contributed by atoms with Crippen LogP contribution in [0.15, 0.2) is 6.07 Å². The molecule has 2 N–H and O–H groups in total. The van der Waals surface area contributed by atoms with Crippen LogP contribution in [0.4, 0.5) is 0 Å². The van der Waals surface area contributed by atoms with E-state index in [0.29, 0.717) is 19.5 Å². The van der Waals surface area contributed by atoms with Gasteiger partial charge in [0.25, 0.3) is 0 Å². The first-order chi connectivity index (χ1) is 7.90. The summed E-state index contributed by atoms with van der Waals surface area (Å²) in [5.74, 6) is 0.0445. The quantitative estimate of drug-likeness (QED) is 0.822. The maximum absolute atomic E-state index is 12.1. The molecule has 0 aliphatic rings. The van der Waals surface area contributed by atoms with Gasteiger partial charge >= 0.3 is 0 Å². The highest BCUT2D eigenvalue weighted by Gasteiger charge is 2.22. The largest absolute Gasteiger partial charge is 0.330 e. The summed E-state index contributed by atoms with van der Waals surface area (Å²) >= 11 is 0. The normalized spacial score (nSPS) is 13.9. The van der Waals surface area contributed by atoms with Gasteiger partial charge in [-0.2, -0.15) is 5.10 Å². The third-order valence-corrected chi connectivity index (χ3v) is 4.98. The van der Waals surface area contributed by atoms with E-state index in [1.165, 1.54) is 0 Å². The van der Waals surface area contributed by atoms with E-state index in [9.17, 15) is 8.42 Å². The summed E-state index contributed by atoms with van der Waals surface area (Å²) in [6.07, 6.45) is 0.502. The molecule has 1 aromatic rings. The third kappa shape index (κ3) is 3.54. The van der Waals surface area contributed by atoms with E-state index in [-0.39, 0.29) is 5.75 Å². The highest BCUT2D eigenvalue weighted by molar-refractivity contribution is 7.91. The van der Waals surface area contributed by atoms with Crippen LogP contribution in [-0.2, 0) is 22.1 Å². The van der Waals surface area contributed by atoms with Gasteiger partial charge in [-0.1, -0.05) is 0 Å². The van der Waals surface area contributed by atoms with Crippen molar-refractivity contribution in [3.8, 4) is 0 Å². The van der Waals surface area contributed by atoms with Gasteiger partial charge in [-0.3, -0.25) is 4.68 Å². The molecular formula is C11H21N3O2S. The molecule has 5 nitrogen and oxygen atoms in total. The van der Waals surface area contributed by atoms with E-state index in [1.54, 1.807) is 11.6 Å². The highest BCUT2D eigenvalue weighted by Crippen LogP contribution is 2.14. The number of hydrogen-bond acceptors (Lipinski definition) is 4. The first kappa shape index (κ1) is 14.2. The van der Waals surface area contributed by atoms with E-state index in [4.69, 9.17) is 5.73 Å². The Hall–Kier alpha value is -0.880. The molecule has 98 valence electrons. The van der Waals surface area contributed by atoms with Gasteiger partial charge in [0.05, 0.1) is 22.4 Å². The van der Waals surface area contributed by atoms with E-state index in [2.05, 4.69) is 5.10 Å². The molecule has 0 saturated heterocycles. The van der Waals surface area contributed by atoms with Crippen molar-refractivity contribution in [2.45, 2.75) is 44.7 Å². The fraction of sp³-hybridized carbons (Fsp3) is 0.727. The maximum Gasteiger partial charge on any atom is 0.158 e. The maximum atomic E-state index is 12.1. The van der Waals surface area contributed by atoms with Crippen molar-refractivity contribution in [2.24, 2.45) is 5.73 Å². The second kappa shape index (κ2) is 5.64. The van der Waals surface area contributed by atoms with Crippen LogP contribution in [0.2, 0.25) is 0 Å². The first-order valence-corrected chi connectivity index (χ1v) is 7.57. The zero-order valence-corrected chi connectivity index (χ0v) is 11.5. The second-order valence-electron chi connectivity index (χ2n) is 4.29. The fourth-order valence-corrected chi connectivity index (χ4v) is 3.18. The number of hydrogen-bond donors (Lipinski definition) is 1. The van der Waals surface area contributed by atoms with E-state index in [0.717, 1.165) is 11.4 Å². The Balaban J connectivity index is 2.89. The average molecular weight is 259 g/mol. The lowest BCUT2D eigenvalue weighted by Crippen LogP contribution is -2.23. The summed E-state index contributed by atoms with van der Waals surface area (Å²) in [5.41, 5.74) is 7.01. The predicted octanol–water partition coefficient (Wildman–Crippen LogP) is 0.864. The van der Waals surface area contributed by atoms with E-state index in [1.807, 2.05) is 19.9 Å². The SMILES string of the molecule is CCn1nc(C)cc1CS(=O)(=O)C(C)CCN. The van der Waals surface area contributed by atoms with Gasteiger partial charge in [0.2, 0.25) is 0 Å². The molecule has 17 heavy (non-hydrogen) atoms. The van der Waals surface area contributed by atoms with Gasteiger partial charge in [-0.15, -0.1) is 0 Å². The molecule has 0 bridgehead atoms. The Morgan fingerprint density at radius 1 is 1.53 bits per heavy atom. The van der Waals surface area contributed by atoms with Gasteiger partial charge in [-0.05, 0) is 39.8 Å². The first-order valence-electron chi connectivity index (χ1n) is 5.85. The van der Waals surface area contributed by atoms with Crippen LogP contribution >= 0.6 is 0 Å². The molecule has 0 aromatic carbocycles. The average Bonchev–Trinajstić information content (AvgIpc) is 2.58. The molecule has 1 unspecified atom stereocenters. The second-order valence-corrected chi connectivity index (χ2v) is 6.71. The van der Waals surface area contributed by atoms with Crippen LogP contribution in [0, 0.1) is 6.92 Å². The van der Waals surface area contributed by atoms with Crippen LogP contribution < -0.4 is 5.73 Å². The topological polar surface area (TPSA) is 78.0 Å². The summed E-state index contributed by atoms with van der Waals surface area (Å²) in [4.78, 5) is 0. The number of nitrogens with zero attached hydrogens (tertiary/aromatic N) is 2. The molecule has 0 aliphatic carbocycles. The Kier molecular flexibility index (Phi) is 4.70. The molecule has 0 amide bonds. The monoisotopic (exact) mass is 259 g/mol. The van der Waals surface area contributed by atoms with Crippen molar-refractivity contribution in [1.29, 1.82) is 0 Å². The zero-order chi connectivity index (χ0) is 13.1. The number of rotatable bonds is 6. The number of nitrogens with two attached hydrogens (primary N) is 1. The Morgan fingerprint density at radius 3 is 2.71 bits per heavy atom. The molecule has 6 heteroatoms.